The summed E-state index contributed by atoms with van der Waals surface area (Å²) in [7, 11) is 0. The molecule has 1 heterocycles. The number of nitrogens with one attached hydrogen (secondary N) is 1. The van der Waals surface area contributed by atoms with Crippen LogP contribution in [0.2, 0.25) is 5.02 Å². The van der Waals surface area contributed by atoms with Crippen molar-refractivity contribution in [2.45, 2.75) is 25.8 Å². The Morgan fingerprint density at radius 1 is 1.32 bits per heavy atom. The van der Waals surface area contributed by atoms with Crippen molar-refractivity contribution in [2.75, 3.05) is 32.8 Å². The Labute approximate surface area is 133 Å². The summed E-state index contributed by atoms with van der Waals surface area (Å²) in [5, 5.41) is 3.29. The topological polar surface area (TPSA) is 24.5 Å². The molecular weight excluding hydrogens is 317 g/mol. The molecule has 1 aliphatic rings. The molecule has 1 aliphatic heterocycles. The summed E-state index contributed by atoms with van der Waals surface area (Å²) in [6, 6.07) is 2.24. The van der Waals surface area contributed by atoms with E-state index in [2.05, 4.69) is 5.32 Å². The lowest BCUT2D eigenvalue weighted by Crippen LogP contribution is -2.45. The van der Waals surface area contributed by atoms with Crippen LogP contribution in [0.4, 0.5) is 13.2 Å². The standard InChI is InChI=1S/C15H20ClF3N2O/c1-2-22-15-11(16)7-10(8-12(15)17)13(9-14(18)19)21-5-3-20-4-6-21/h7-8,13-14,20H,2-6,9H2,1H3/t13-/m0/s1. The fourth-order valence-corrected chi connectivity index (χ4v) is 2.98. The maximum atomic E-state index is 14.1. The quantitative estimate of drug-likeness (QED) is 0.860. The van der Waals surface area contributed by atoms with E-state index in [-0.39, 0.29) is 23.8 Å². The average Bonchev–Trinajstić information content (AvgIpc) is 2.49. The van der Waals surface area contributed by atoms with Crippen LogP contribution in [-0.4, -0.2) is 44.1 Å². The molecule has 0 radical (unpaired) electrons. The number of hydrogen-bond donors (Lipinski definition) is 1. The first-order valence-corrected chi connectivity index (χ1v) is 7.75. The van der Waals surface area contributed by atoms with Gasteiger partial charge in [-0.15, -0.1) is 0 Å². The molecule has 1 N–H and O–H groups in total. The zero-order valence-electron chi connectivity index (χ0n) is 12.4. The Kier molecular flexibility index (Phi) is 6.35. The lowest BCUT2D eigenvalue weighted by molar-refractivity contribution is 0.0737. The Hall–Kier alpha value is -0.980. The van der Waals surface area contributed by atoms with Crippen molar-refractivity contribution in [3.63, 3.8) is 0 Å². The summed E-state index contributed by atoms with van der Waals surface area (Å²) >= 11 is 6.05. The van der Waals surface area contributed by atoms with Gasteiger partial charge in [0.15, 0.2) is 11.6 Å². The van der Waals surface area contributed by atoms with Crippen molar-refractivity contribution in [1.82, 2.24) is 10.2 Å². The van der Waals surface area contributed by atoms with E-state index in [1.807, 2.05) is 4.90 Å². The molecular formula is C15H20ClF3N2O. The van der Waals surface area contributed by atoms with Gasteiger partial charge >= 0.3 is 0 Å². The molecule has 0 bridgehead atoms. The zero-order chi connectivity index (χ0) is 16.1. The highest BCUT2D eigenvalue weighted by Crippen LogP contribution is 2.35. The van der Waals surface area contributed by atoms with Gasteiger partial charge < -0.3 is 10.1 Å². The van der Waals surface area contributed by atoms with Gasteiger partial charge in [-0.2, -0.15) is 0 Å². The SMILES string of the molecule is CCOc1c(F)cc([C@H](CC(F)F)N2CCNCC2)cc1Cl. The summed E-state index contributed by atoms with van der Waals surface area (Å²) in [5.74, 6) is -0.636. The fraction of sp³-hybridized carbons (Fsp3) is 0.600. The van der Waals surface area contributed by atoms with Crippen LogP contribution in [0, 0.1) is 5.82 Å². The fourth-order valence-electron chi connectivity index (χ4n) is 2.71. The third-order valence-corrected chi connectivity index (χ3v) is 3.97. The molecule has 0 unspecified atom stereocenters. The summed E-state index contributed by atoms with van der Waals surface area (Å²) in [4.78, 5) is 1.94. The molecule has 3 nitrogen and oxygen atoms in total. The second-order valence-corrected chi connectivity index (χ2v) is 5.58. The minimum atomic E-state index is -2.46. The van der Waals surface area contributed by atoms with E-state index in [0.717, 1.165) is 13.1 Å². The maximum Gasteiger partial charge on any atom is 0.240 e. The monoisotopic (exact) mass is 336 g/mol. The molecule has 22 heavy (non-hydrogen) atoms. The van der Waals surface area contributed by atoms with E-state index in [1.54, 1.807) is 6.92 Å². The first kappa shape index (κ1) is 17.4. The minimum Gasteiger partial charge on any atom is -0.489 e. The molecule has 124 valence electrons. The van der Waals surface area contributed by atoms with Crippen LogP contribution < -0.4 is 10.1 Å². The minimum absolute atomic E-state index is 0.0241. The van der Waals surface area contributed by atoms with Crippen molar-refractivity contribution >= 4 is 11.6 Å². The Morgan fingerprint density at radius 2 is 2.00 bits per heavy atom. The van der Waals surface area contributed by atoms with Crippen LogP contribution >= 0.6 is 11.6 Å². The molecule has 0 saturated carbocycles. The van der Waals surface area contributed by atoms with Gasteiger partial charge in [0.25, 0.3) is 0 Å². The highest BCUT2D eigenvalue weighted by Gasteiger charge is 2.27. The van der Waals surface area contributed by atoms with Gasteiger partial charge in [-0.25, -0.2) is 13.2 Å². The Morgan fingerprint density at radius 3 is 2.55 bits per heavy atom. The van der Waals surface area contributed by atoms with E-state index in [4.69, 9.17) is 16.3 Å². The molecule has 1 atom stereocenters. The Bertz CT molecular complexity index is 473. The number of ether oxygens (including phenoxy) is 1. The summed E-state index contributed by atoms with van der Waals surface area (Å²) in [5.41, 5.74) is 0.466. The average molecular weight is 337 g/mol. The normalized spacial score (nSPS) is 17.7. The van der Waals surface area contributed by atoms with Crippen molar-refractivity contribution in [1.29, 1.82) is 0 Å². The Balaban J connectivity index is 2.30. The van der Waals surface area contributed by atoms with Gasteiger partial charge in [-0.05, 0) is 24.6 Å². The second kappa shape index (κ2) is 8.04. The van der Waals surface area contributed by atoms with Crippen LogP contribution in [0.15, 0.2) is 12.1 Å². The predicted octanol–water partition coefficient (Wildman–Crippen LogP) is 3.48. The van der Waals surface area contributed by atoms with Gasteiger partial charge in [0.05, 0.1) is 11.6 Å². The van der Waals surface area contributed by atoms with E-state index >= 15 is 0 Å². The second-order valence-electron chi connectivity index (χ2n) is 5.18. The maximum absolute atomic E-state index is 14.1. The molecule has 1 fully saturated rings. The summed E-state index contributed by atoms with van der Waals surface area (Å²) in [6.07, 6.45) is -2.81. The number of hydrogen-bond acceptors (Lipinski definition) is 3. The van der Waals surface area contributed by atoms with Crippen LogP contribution in [0.1, 0.15) is 24.9 Å². The largest absolute Gasteiger partial charge is 0.489 e. The zero-order valence-corrected chi connectivity index (χ0v) is 13.2. The lowest BCUT2D eigenvalue weighted by Gasteiger charge is -2.35. The number of alkyl halides is 2. The van der Waals surface area contributed by atoms with Crippen molar-refractivity contribution in [3.8, 4) is 5.75 Å². The van der Waals surface area contributed by atoms with Gasteiger partial charge in [-0.3, -0.25) is 4.90 Å². The van der Waals surface area contributed by atoms with Gasteiger partial charge in [0.1, 0.15) is 0 Å². The molecule has 1 saturated heterocycles. The molecule has 2 rings (SSSR count). The van der Waals surface area contributed by atoms with Crippen molar-refractivity contribution in [3.05, 3.63) is 28.5 Å². The number of rotatable bonds is 6. The van der Waals surface area contributed by atoms with Gasteiger partial charge in [0.2, 0.25) is 6.43 Å². The third-order valence-electron chi connectivity index (χ3n) is 3.69. The molecule has 1 aromatic carbocycles. The molecule has 0 aromatic heterocycles. The van der Waals surface area contributed by atoms with Crippen LogP contribution in [-0.2, 0) is 0 Å². The van der Waals surface area contributed by atoms with E-state index in [9.17, 15) is 13.2 Å². The van der Waals surface area contributed by atoms with E-state index < -0.39 is 18.3 Å². The number of piperazine rings is 1. The van der Waals surface area contributed by atoms with Crippen molar-refractivity contribution < 1.29 is 17.9 Å². The molecule has 0 aliphatic carbocycles. The van der Waals surface area contributed by atoms with Crippen LogP contribution in [0.3, 0.4) is 0 Å². The highest BCUT2D eigenvalue weighted by atomic mass is 35.5. The first-order chi connectivity index (χ1) is 10.5. The highest BCUT2D eigenvalue weighted by molar-refractivity contribution is 6.32. The lowest BCUT2D eigenvalue weighted by atomic mass is 10.0. The third kappa shape index (κ3) is 4.27. The van der Waals surface area contributed by atoms with Gasteiger partial charge in [-0.1, -0.05) is 11.6 Å². The van der Waals surface area contributed by atoms with Crippen LogP contribution in [0.25, 0.3) is 0 Å². The molecule has 0 spiro atoms. The summed E-state index contributed by atoms with van der Waals surface area (Å²) < 4.78 is 45.2. The molecule has 0 amide bonds. The van der Waals surface area contributed by atoms with Gasteiger partial charge in [0, 0.05) is 38.6 Å². The number of nitrogens with zero attached hydrogens (tertiary/aromatic N) is 1. The molecule has 7 heteroatoms. The predicted molar refractivity (Wildman–Crippen MR) is 80.4 cm³/mol. The number of benzene rings is 1. The van der Waals surface area contributed by atoms with E-state index in [0.29, 0.717) is 18.7 Å². The van der Waals surface area contributed by atoms with Crippen molar-refractivity contribution in [2.24, 2.45) is 0 Å². The number of halogens is 4. The molecule has 1 aromatic rings. The van der Waals surface area contributed by atoms with E-state index in [1.165, 1.54) is 12.1 Å². The smallest absolute Gasteiger partial charge is 0.240 e. The summed E-state index contributed by atoms with van der Waals surface area (Å²) in [6.45, 7) is 4.76. The first-order valence-electron chi connectivity index (χ1n) is 7.37. The van der Waals surface area contributed by atoms with Crippen LogP contribution in [0.5, 0.6) is 5.75 Å².